The summed E-state index contributed by atoms with van der Waals surface area (Å²) in [5.41, 5.74) is 6.34. The van der Waals surface area contributed by atoms with Crippen LogP contribution in [0.4, 0.5) is 0 Å². The van der Waals surface area contributed by atoms with Gasteiger partial charge in [0, 0.05) is 12.2 Å². The molecule has 0 unspecified atom stereocenters. The maximum Gasteiger partial charge on any atom is 0.330 e. The number of fused-ring (bicyclic) bond motifs is 5. The molecule has 1 aliphatic rings. The van der Waals surface area contributed by atoms with Crippen molar-refractivity contribution < 1.29 is 28.5 Å². The van der Waals surface area contributed by atoms with Gasteiger partial charge < -0.3 is 18.9 Å². The molecule has 0 aromatic heterocycles. The third-order valence-corrected chi connectivity index (χ3v) is 8.03. The Morgan fingerprint density at radius 1 is 0.578 bits per heavy atom. The van der Waals surface area contributed by atoms with E-state index in [1.807, 2.05) is 24.3 Å². The van der Waals surface area contributed by atoms with Crippen LogP contribution >= 0.6 is 0 Å². The highest BCUT2D eigenvalue weighted by molar-refractivity contribution is 6.04. The average Bonchev–Trinajstić information content (AvgIpc) is 3.40. The first kappa shape index (κ1) is 29.5. The maximum absolute atomic E-state index is 11.4. The van der Waals surface area contributed by atoms with Crippen LogP contribution in [-0.2, 0) is 24.5 Å². The molecule has 6 nitrogen and oxygen atoms in total. The summed E-state index contributed by atoms with van der Waals surface area (Å²) in [7, 11) is 0. The van der Waals surface area contributed by atoms with Gasteiger partial charge in [-0.05, 0) is 68.4 Å². The van der Waals surface area contributed by atoms with E-state index in [1.165, 1.54) is 33.0 Å². The molecule has 0 fully saturated rings. The smallest absolute Gasteiger partial charge is 0.330 e. The van der Waals surface area contributed by atoms with E-state index in [0.29, 0.717) is 11.5 Å². The predicted octanol–water partition coefficient (Wildman–Crippen LogP) is 7.42. The molecule has 0 N–H and O–H groups in total. The summed E-state index contributed by atoms with van der Waals surface area (Å²) in [5.74, 6) is 0.396. The fourth-order valence-electron chi connectivity index (χ4n) is 6.16. The van der Waals surface area contributed by atoms with Crippen molar-refractivity contribution in [1.29, 1.82) is 0 Å². The van der Waals surface area contributed by atoms with E-state index in [-0.39, 0.29) is 26.4 Å². The summed E-state index contributed by atoms with van der Waals surface area (Å²) in [4.78, 5) is 22.7. The summed E-state index contributed by atoms with van der Waals surface area (Å²) in [6, 6.07) is 37.7. The summed E-state index contributed by atoms with van der Waals surface area (Å²) >= 11 is 0. The monoisotopic (exact) mass is 596 g/mol. The third-order valence-electron chi connectivity index (χ3n) is 8.03. The van der Waals surface area contributed by atoms with E-state index in [4.69, 9.17) is 18.9 Å². The molecule has 6 heteroatoms. The largest absolute Gasteiger partial charge is 0.490 e. The quantitative estimate of drug-likeness (QED) is 0.0832. The van der Waals surface area contributed by atoms with Crippen LogP contribution in [0.5, 0.6) is 11.5 Å². The molecule has 0 heterocycles. The Morgan fingerprint density at radius 3 is 1.69 bits per heavy atom. The van der Waals surface area contributed by atoms with Crippen molar-refractivity contribution in [2.24, 2.45) is 0 Å². The molecule has 0 spiro atoms. The highest BCUT2D eigenvalue weighted by atomic mass is 16.6. The van der Waals surface area contributed by atoms with Gasteiger partial charge in [-0.25, -0.2) is 9.59 Å². The fraction of sp³-hybridized carbons (Fsp3) is 0.128. The molecular formula is C39H32O6. The summed E-state index contributed by atoms with van der Waals surface area (Å²) in [5, 5.41) is 2.39. The van der Waals surface area contributed by atoms with Gasteiger partial charge >= 0.3 is 11.9 Å². The fourth-order valence-corrected chi connectivity index (χ4v) is 6.16. The van der Waals surface area contributed by atoms with Crippen LogP contribution in [0.3, 0.4) is 0 Å². The molecule has 224 valence electrons. The Morgan fingerprint density at radius 2 is 1.11 bits per heavy atom. The highest BCUT2D eigenvalue weighted by Gasteiger charge is 2.46. The van der Waals surface area contributed by atoms with Gasteiger partial charge in [0.05, 0.1) is 5.41 Å². The zero-order chi connectivity index (χ0) is 31.2. The van der Waals surface area contributed by atoms with Crippen molar-refractivity contribution in [3.05, 3.63) is 157 Å². The lowest BCUT2D eigenvalue weighted by Gasteiger charge is -2.34. The second-order valence-corrected chi connectivity index (χ2v) is 10.5. The second-order valence-electron chi connectivity index (χ2n) is 10.5. The van der Waals surface area contributed by atoms with Crippen LogP contribution < -0.4 is 9.47 Å². The number of benzene rings is 5. The van der Waals surface area contributed by atoms with E-state index in [2.05, 4.69) is 98.1 Å². The highest BCUT2D eigenvalue weighted by Crippen LogP contribution is 2.57. The average molecular weight is 597 g/mol. The van der Waals surface area contributed by atoms with Gasteiger partial charge in [-0.1, -0.05) is 98.1 Å². The van der Waals surface area contributed by atoms with Crippen molar-refractivity contribution in [3.8, 4) is 22.6 Å². The van der Waals surface area contributed by atoms with Crippen LogP contribution in [0.15, 0.2) is 135 Å². The zero-order valence-corrected chi connectivity index (χ0v) is 24.7. The molecule has 0 saturated carbocycles. The number of ether oxygens (including phenoxy) is 4. The second kappa shape index (κ2) is 12.9. The number of hydrogen-bond donors (Lipinski definition) is 0. The first-order valence-corrected chi connectivity index (χ1v) is 14.7. The molecule has 45 heavy (non-hydrogen) atoms. The Labute approximate surface area is 262 Å². The minimum atomic E-state index is -0.619. The minimum Gasteiger partial charge on any atom is -0.490 e. The molecule has 1 aliphatic carbocycles. The van der Waals surface area contributed by atoms with E-state index in [0.717, 1.165) is 23.3 Å². The van der Waals surface area contributed by atoms with Crippen LogP contribution in [0, 0.1) is 0 Å². The SMILES string of the molecule is C=CC(=O)OCCOc1ccc(C2(c3ccc(OCCOC(=O)C=C)cc3)c3ccccc3-c3c2ccc2ccccc32)cc1. The topological polar surface area (TPSA) is 71.1 Å². The van der Waals surface area contributed by atoms with E-state index in [1.54, 1.807) is 0 Å². The minimum absolute atomic E-state index is 0.134. The Bertz CT molecular complexity index is 1800. The first-order valence-electron chi connectivity index (χ1n) is 14.7. The standard InChI is InChI=1S/C39H32O6/c1-3-36(40)44-25-23-42-30-18-14-28(15-19-30)39(29-16-20-31(21-17-29)43-24-26-45-37(41)4-2)34-12-8-7-11-33(34)38-32-10-6-5-9-27(32)13-22-35(38)39/h3-22H,1-2,23-26H2. The van der Waals surface area contributed by atoms with Crippen LogP contribution in [0.25, 0.3) is 21.9 Å². The first-order chi connectivity index (χ1) is 22.1. The third kappa shape index (κ3) is 5.58. The van der Waals surface area contributed by atoms with Crippen molar-refractivity contribution in [3.63, 3.8) is 0 Å². The molecule has 0 saturated heterocycles. The van der Waals surface area contributed by atoms with Gasteiger partial charge in [-0.3, -0.25) is 0 Å². The molecule has 0 radical (unpaired) electrons. The number of esters is 2. The summed E-state index contributed by atoms with van der Waals surface area (Å²) in [6.07, 6.45) is 2.27. The normalized spacial score (nSPS) is 12.4. The zero-order valence-electron chi connectivity index (χ0n) is 24.7. The predicted molar refractivity (Wildman–Crippen MR) is 175 cm³/mol. The van der Waals surface area contributed by atoms with E-state index >= 15 is 0 Å². The summed E-state index contributed by atoms with van der Waals surface area (Å²) < 4.78 is 21.8. The van der Waals surface area contributed by atoms with Crippen molar-refractivity contribution in [2.45, 2.75) is 5.41 Å². The molecule has 6 rings (SSSR count). The molecule has 0 aliphatic heterocycles. The van der Waals surface area contributed by atoms with E-state index in [9.17, 15) is 9.59 Å². The van der Waals surface area contributed by atoms with Crippen molar-refractivity contribution >= 4 is 22.7 Å². The van der Waals surface area contributed by atoms with E-state index < -0.39 is 17.4 Å². The lowest BCUT2D eigenvalue weighted by atomic mass is 9.67. The van der Waals surface area contributed by atoms with Crippen LogP contribution in [0.2, 0.25) is 0 Å². The number of carbonyl (C=O) groups excluding carboxylic acids is 2. The van der Waals surface area contributed by atoms with Gasteiger partial charge in [0.15, 0.2) is 0 Å². The molecule has 5 aromatic rings. The van der Waals surface area contributed by atoms with Gasteiger partial charge in [0.2, 0.25) is 0 Å². The molecule has 0 bridgehead atoms. The van der Waals surface area contributed by atoms with Crippen molar-refractivity contribution in [1.82, 2.24) is 0 Å². The van der Waals surface area contributed by atoms with Gasteiger partial charge in [-0.15, -0.1) is 0 Å². The van der Waals surface area contributed by atoms with Gasteiger partial charge in [-0.2, -0.15) is 0 Å². The Hall–Kier alpha value is -5.62. The summed E-state index contributed by atoms with van der Waals surface area (Å²) in [6.45, 7) is 7.56. The lowest BCUT2D eigenvalue weighted by Crippen LogP contribution is -2.28. The molecular weight excluding hydrogens is 564 g/mol. The molecule has 5 aromatic carbocycles. The van der Waals surface area contributed by atoms with Gasteiger partial charge in [0.25, 0.3) is 0 Å². The van der Waals surface area contributed by atoms with Crippen LogP contribution in [-0.4, -0.2) is 38.4 Å². The maximum atomic E-state index is 11.4. The van der Waals surface area contributed by atoms with Gasteiger partial charge in [0.1, 0.15) is 37.9 Å². The molecule has 0 atom stereocenters. The van der Waals surface area contributed by atoms with Crippen molar-refractivity contribution in [2.75, 3.05) is 26.4 Å². The molecule has 0 amide bonds. The lowest BCUT2D eigenvalue weighted by molar-refractivity contribution is -0.139. The number of hydrogen-bond acceptors (Lipinski definition) is 6. The Balaban J connectivity index is 1.42. The number of carbonyl (C=O) groups is 2. The number of rotatable bonds is 12. The Kier molecular flexibility index (Phi) is 8.47. The van der Waals surface area contributed by atoms with Crippen LogP contribution in [0.1, 0.15) is 22.3 Å².